The zero-order valence-corrected chi connectivity index (χ0v) is 16.5. The predicted octanol–water partition coefficient (Wildman–Crippen LogP) is 3.04. The Labute approximate surface area is 166 Å². The number of hydrogen-bond donors (Lipinski definition) is 0. The highest BCUT2D eigenvalue weighted by atomic mass is 16.2. The summed E-state index contributed by atoms with van der Waals surface area (Å²) < 4.78 is 1.89. The number of carbonyl (C=O) groups excluding carboxylic acids is 2. The summed E-state index contributed by atoms with van der Waals surface area (Å²) in [5, 5.41) is 4.31. The molecule has 1 aliphatic carbocycles. The van der Waals surface area contributed by atoms with Crippen molar-refractivity contribution >= 4 is 11.8 Å². The Morgan fingerprint density at radius 2 is 1.68 bits per heavy atom. The SMILES string of the molecule is CCn1cc(-c2ccc(C(=O)N3CCCN(C(=O)C4CCC4)CC3)cc2)cn1. The molecule has 4 rings (SSSR count). The van der Waals surface area contributed by atoms with E-state index in [1.165, 1.54) is 6.42 Å². The van der Waals surface area contributed by atoms with E-state index in [1.807, 2.05) is 51.1 Å². The summed E-state index contributed by atoms with van der Waals surface area (Å²) in [5.74, 6) is 0.568. The van der Waals surface area contributed by atoms with Gasteiger partial charge in [-0.25, -0.2) is 0 Å². The van der Waals surface area contributed by atoms with E-state index in [2.05, 4.69) is 12.0 Å². The van der Waals surface area contributed by atoms with Gasteiger partial charge in [-0.05, 0) is 43.9 Å². The number of aromatic nitrogens is 2. The highest BCUT2D eigenvalue weighted by molar-refractivity contribution is 5.94. The maximum Gasteiger partial charge on any atom is 0.253 e. The molecule has 6 heteroatoms. The van der Waals surface area contributed by atoms with E-state index in [1.54, 1.807) is 0 Å². The maximum absolute atomic E-state index is 12.9. The predicted molar refractivity (Wildman–Crippen MR) is 108 cm³/mol. The Kier molecular flexibility index (Phi) is 5.46. The smallest absolute Gasteiger partial charge is 0.253 e. The van der Waals surface area contributed by atoms with E-state index in [-0.39, 0.29) is 17.7 Å². The van der Waals surface area contributed by atoms with Crippen LogP contribution in [-0.2, 0) is 11.3 Å². The van der Waals surface area contributed by atoms with Crippen molar-refractivity contribution in [3.63, 3.8) is 0 Å². The van der Waals surface area contributed by atoms with Gasteiger partial charge >= 0.3 is 0 Å². The summed E-state index contributed by atoms with van der Waals surface area (Å²) in [5.41, 5.74) is 2.82. The van der Waals surface area contributed by atoms with Crippen LogP contribution in [0.15, 0.2) is 36.7 Å². The Bertz CT molecular complexity index is 838. The molecule has 1 aliphatic heterocycles. The fraction of sp³-hybridized carbons (Fsp3) is 0.500. The van der Waals surface area contributed by atoms with Crippen LogP contribution in [0.5, 0.6) is 0 Å². The molecule has 1 saturated carbocycles. The normalized spacial score (nSPS) is 17.9. The highest BCUT2D eigenvalue weighted by Gasteiger charge is 2.31. The van der Waals surface area contributed by atoms with Crippen LogP contribution in [0.2, 0.25) is 0 Å². The zero-order valence-electron chi connectivity index (χ0n) is 16.5. The molecule has 0 atom stereocenters. The zero-order chi connectivity index (χ0) is 19.5. The number of aryl methyl sites for hydroxylation is 1. The molecule has 0 N–H and O–H groups in total. The first-order valence-electron chi connectivity index (χ1n) is 10.4. The molecule has 0 bridgehead atoms. The Morgan fingerprint density at radius 1 is 0.964 bits per heavy atom. The first-order chi connectivity index (χ1) is 13.7. The lowest BCUT2D eigenvalue weighted by molar-refractivity contribution is -0.138. The third-order valence-electron chi connectivity index (χ3n) is 5.97. The van der Waals surface area contributed by atoms with Crippen LogP contribution < -0.4 is 0 Å². The van der Waals surface area contributed by atoms with Crippen LogP contribution in [0.4, 0.5) is 0 Å². The Balaban J connectivity index is 1.39. The average Bonchev–Trinajstić information content (AvgIpc) is 3.03. The van der Waals surface area contributed by atoms with E-state index >= 15 is 0 Å². The second kappa shape index (κ2) is 8.17. The van der Waals surface area contributed by atoms with E-state index in [0.717, 1.165) is 43.5 Å². The van der Waals surface area contributed by atoms with E-state index in [9.17, 15) is 9.59 Å². The van der Waals surface area contributed by atoms with Crippen molar-refractivity contribution in [1.29, 1.82) is 0 Å². The van der Waals surface area contributed by atoms with E-state index in [0.29, 0.717) is 25.2 Å². The van der Waals surface area contributed by atoms with Crippen molar-refractivity contribution in [1.82, 2.24) is 19.6 Å². The maximum atomic E-state index is 12.9. The lowest BCUT2D eigenvalue weighted by atomic mass is 9.84. The van der Waals surface area contributed by atoms with Gasteiger partial charge in [0, 0.05) is 56.0 Å². The fourth-order valence-corrected chi connectivity index (χ4v) is 3.93. The van der Waals surface area contributed by atoms with Crippen molar-refractivity contribution in [2.75, 3.05) is 26.2 Å². The molecule has 6 nitrogen and oxygen atoms in total. The summed E-state index contributed by atoms with van der Waals surface area (Å²) in [4.78, 5) is 29.3. The third kappa shape index (κ3) is 3.81. The first kappa shape index (κ1) is 18.7. The lowest BCUT2D eigenvalue weighted by Crippen LogP contribution is -2.41. The lowest BCUT2D eigenvalue weighted by Gasteiger charge is -2.31. The third-order valence-corrected chi connectivity index (χ3v) is 5.97. The first-order valence-corrected chi connectivity index (χ1v) is 10.4. The van der Waals surface area contributed by atoms with Gasteiger partial charge in [0.2, 0.25) is 5.91 Å². The second-order valence-corrected chi connectivity index (χ2v) is 7.76. The minimum absolute atomic E-state index is 0.0498. The summed E-state index contributed by atoms with van der Waals surface area (Å²) in [6.45, 7) is 5.63. The highest BCUT2D eigenvalue weighted by Crippen LogP contribution is 2.28. The molecule has 0 spiro atoms. The van der Waals surface area contributed by atoms with Gasteiger partial charge in [-0.2, -0.15) is 5.10 Å². The van der Waals surface area contributed by atoms with Gasteiger partial charge in [0.25, 0.3) is 5.91 Å². The van der Waals surface area contributed by atoms with Gasteiger partial charge in [-0.1, -0.05) is 18.6 Å². The number of nitrogens with zero attached hydrogens (tertiary/aromatic N) is 4. The second-order valence-electron chi connectivity index (χ2n) is 7.76. The number of benzene rings is 1. The van der Waals surface area contributed by atoms with E-state index in [4.69, 9.17) is 0 Å². The molecule has 1 aromatic carbocycles. The number of amides is 2. The molecule has 1 saturated heterocycles. The van der Waals surface area contributed by atoms with Gasteiger partial charge in [-0.3, -0.25) is 14.3 Å². The average molecular weight is 380 g/mol. The minimum Gasteiger partial charge on any atom is -0.341 e. The van der Waals surface area contributed by atoms with Crippen molar-refractivity contribution in [2.24, 2.45) is 5.92 Å². The standard InChI is InChI=1S/C22H28N4O2/c1-2-26-16-20(15-23-26)17-7-9-19(10-8-17)22(28)25-12-4-11-24(13-14-25)21(27)18-5-3-6-18/h7-10,15-16,18H,2-6,11-14H2,1H3. The molecule has 1 aromatic heterocycles. The summed E-state index contributed by atoms with van der Waals surface area (Å²) in [6, 6.07) is 7.75. The van der Waals surface area contributed by atoms with Crippen LogP contribution in [-0.4, -0.2) is 57.6 Å². The molecule has 0 radical (unpaired) electrons. The summed E-state index contributed by atoms with van der Waals surface area (Å²) in [7, 11) is 0. The van der Waals surface area contributed by atoms with Gasteiger partial charge < -0.3 is 9.80 Å². The molecule has 148 valence electrons. The number of hydrogen-bond acceptors (Lipinski definition) is 3. The molecule has 2 aliphatic rings. The van der Waals surface area contributed by atoms with Crippen molar-refractivity contribution < 1.29 is 9.59 Å². The Hall–Kier alpha value is -2.63. The molecule has 28 heavy (non-hydrogen) atoms. The van der Waals surface area contributed by atoms with E-state index < -0.39 is 0 Å². The van der Waals surface area contributed by atoms with Crippen LogP contribution in [0.1, 0.15) is 43.0 Å². The van der Waals surface area contributed by atoms with Gasteiger partial charge in [-0.15, -0.1) is 0 Å². The van der Waals surface area contributed by atoms with Crippen molar-refractivity contribution in [2.45, 2.75) is 39.2 Å². The molecule has 2 heterocycles. The largest absolute Gasteiger partial charge is 0.341 e. The van der Waals surface area contributed by atoms with Crippen LogP contribution in [0, 0.1) is 5.92 Å². The molecular weight excluding hydrogens is 352 g/mol. The number of rotatable bonds is 4. The van der Waals surface area contributed by atoms with Crippen LogP contribution in [0.25, 0.3) is 11.1 Å². The Morgan fingerprint density at radius 3 is 2.32 bits per heavy atom. The summed E-state index contributed by atoms with van der Waals surface area (Å²) in [6.07, 6.45) is 7.94. The molecule has 0 unspecified atom stereocenters. The topological polar surface area (TPSA) is 58.4 Å². The molecular formula is C22H28N4O2. The van der Waals surface area contributed by atoms with Gasteiger partial charge in [0.1, 0.15) is 0 Å². The molecule has 2 amide bonds. The minimum atomic E-state index is 0.0498. The molecule has 2 aromatic rings. The van der Waals surface area contributed by atoms with Gasteiger partial charge in [0.15, 0.2) is 0 Å². The quantitative estimate of drug-likeness (QED) is 0.819. The van der Waals surface area contributed by atoms with Crippen LogP contribution in [0.3, 0.4) is 0 Å². The van der Waals surface area contributed by atoms with Crippen LogP contribution >= 0.6 is 0 Å². The van der Waals surface area contributed by atoms with Gasteiger partial charge in [0.05, 0.1) is 6.20 Å². The fourth-order valence-electron chi connectivity index (χ4n) is 3.93. The van der Waals surface area contributed by atoms with Crippen molar-refractivity contribution in [3.05, 3.63) is 42.2 Å². The monoisotopic (exact) mass is 380 g/mol. The summed E-state index contributed by atoms with van der Waals surface area (Å²) >= 11 is 0. The number of carbonyl (C=O) groups is 2. The van der Waals surface area contributed by atoms with Crippen molar-refractivity contribution in [3.8, 4) is 11.1 Å². The molecule has 2 fully saturated rings.